The maximum Gasteiger partial charge on any atom is 0.504 e. The van der Waals surface area contributed by atoms with Gasteiger partial charge in [-0.25, -0.2) is 0 Å². The predicted octanol–water partition coefficient (Wildman–Crippen LogP) is 2.50. The highest BCUT2D eigenvalue weighted by Crippen LogP contribution is 2.21. The first kappa shape index (κ1) is 15.3. The standard InChI is InChI=1S/C13H23BO3Si/c1-11(2)18(3,4)16-9-8-12-6-5-7-13(10-12)17-14-15/h5-7,10-11,14-15H,8-9H2,1-4H3. The lowest BCUT2D eigenvalue weighted by atomic mass is 10.1. The zero-order chi connectivity index (χ0) is 13.6. The zero-order valence-corrected chi connectivity index (χ0v) is 12.8. The summed E-state index contributed by atoms with van der Waals surface area (Å²) in [6.07, 6.45) is 0.881. The van der Waals surface area contributed by atoms with Gasteiger partial charge in [-0.1, -0.05) is 26.0 Å². The minimum atomic E-state index is -1.53. The smallest absolute Gasteiger partial charge is 0.504 e. The predicted molar refractivity (Wildman–Crippen MR) is 78.7 cm³/mol. The van der Waals surface area contributed by atoms with E-state index in [1.165, 1.54) is 5.56 Å². The first-order valence-corrected chi connectivity index (χ1v) is 9.41. The number of rotatable bonds is 7. The van der Waals surface area contributed by atoms with Crippen molar-refractivity contribution >= 4 is 16.0 Å². The molecule has 1 aromatic rings. The monoisotopic (exact) mass is 266 g/mol. The second-order valence-corrected chi connectivity index (χ2v) is 9.93. The van der Waals surface area contributed by atoms with Gasteiger partial charge < -0.3 is 14.1 Å². The van der Waals surface area contributed by atoms with Crippen LogP contribution in [0.5, 0.6) is 5.75 Å². The number of hydrogen-bond acceptors (Lipinski definition) is 3. The molecule has 0 spiro atoms. The molecule has 0 fully saturated rings. The van der Waals surface area contributed by atoms with Crippen LogP contribution in [0.4, 0.5) is 0 Å². The molecule has 5 heteroatoms. The van der Waals surface area contributed by atoms with Crippen LogP contribution in [0.2, 0.25) is 18.6 Å². The van der Waals surface area contributed by atoms with E-state index in [-0.39, 0.29) is 7.69 Å². The van der Waals surface area contributed by atoms with Gasteiger partial charge in [-0.15, -0.1) is 0 Å². The van der Waals surface area contributed by atoms with E-state index in [2.05, 4.69) is 33.0 Å². The van der Waals surface area contributed by atoms with E-state index < -0.39 is 8.32 Å². The van der Waals surface area contributed by atoms with E-state index >= 15 is 0 Å². The van der Waals surface area contributed by atoms with Crippen molar-refractivity contribution in [3.63, 3.8) is 0 Å². The van der Waals surface area contributed by atoms with Crippen molar-refractivity contribution in [1.29, 1.82) is 0 Å². The SMILES string of the molecule is CC(C)[Si](C)(C)OCCc1cccc(OBO)c1. The van der Waals surface area contributed by atoms with Crippen LogP contribution in [-0.2, 0) is 10.8 Å². The molecule has 1 aromatic carbocycles. The highest BCUT2D eigenvalue weighted by molar-refractivity contribution is 6.72. The summed E-state index contributed by atoms with van der Waals surface area (Å²) < 4.78 is 11.1. The maximum atomic E-state index is 8.71. The Balaban J connectivity index is 2.46. The van der Waals surface area contributed by atoms with Crippen molar-refractivity contribution in [2.45, 2.75) is 38.9 Å². The summed E-state index contributed by atoms with van der Waals surface area (Å²) in [7, 11) is -1.82. The number of benzene rings is 1. The van der Waals surface area contributed by atoms with E-state index in [1.54, 1.807) is 0 Å². The van der Waals surface area contributed by atoms with Gasteiger partial charge in [0.1, 0.15) is 5.75 Å². The molecule has 0 unspecified atom stereocenters. The van der Waals surface area contributed by atoms with Crippen molar-refractivity contribution in [3.05, 3.63) is 29.8 Å². The normalized spacial score (nSPS) is 11.7. The minimum absolute atomic E-state index is 0.284. The zero-order valence-electron chi connectivity index (χ0n) is 11.8. The first-order chi connectivity index (χ1) is 8.45. The molecule has 0 saturated carbocycles. The molecule has 18 heavy (non-hydrogen) atoms. The molecule has 100 valence electrons. The molecule has 0 aliphatic rings. The Hall–Kier alpha value is -0.778. The third-order valence-corrected chi connectivity index (χ3v) is 7.11. The summed E-state index contributed by atoms with van der Waals surface area (Å²) in [6.45, 7) is 9.70. The fraction of sp³-hybridized carbons (Fsp3) is 0.538. The topological polar surface area (TPSA) is 38.7 Å². The maximum absolute atomic E-state index is 8.71. The van der Waals surface area contributed by atoms with Crippen LogP contribution in [0.15, 0.2) is 24.3 Å². The summed E-state index contributed by atoms with van der Waals surface area (Å²) in [5.41, 5.74) is 1.80. The summed E-state index contributed by atoms with van der Waals surface area (Å²) in [6, 6.07) is 7.78. The highest BCUT2D eigenvalue weighted by Gasteiger charge is 2.26. The fourth-order valence-corrected chi connectivity index (χ4v) is 2.43. The van der Waals surface area contributed by atoms with Gasteiger partial charge in [-0.05, 0) is 42.8 Å². The van der Waals surface area contributed by atoms with Crippen LogP contribution in [0.3, 0.4) is 0 Å². The Morgan fingerprint density at radius 1 is 1.33 bits per heavy atom. The Morgan fingerprint density at radius 2 is 2.06 bits per heavy atom. The molecular formula is C13H23BO3Si. The average Bonchev–Trinajstić information content (AvgIpc) is 2.29. The first-order valence-electron chi connectivity index (χ1n) is 6.42. The molecule has 0 aliphatic carbocycles. The largest absolute Gasteiger partial charge is 0.539 e. The van der Waals surface area contributed by atoms with Gasteiger partial charge in [-0.2, -0.15) is 0 Å². The average molecular weight is 266 g/mol. The third kappa shape index (κ3) is 4.84. The van der Waals surface area contributed by atoms with Crippen molar-refractivity contribution in [2.24, 2.45) is 0 Å². The molecule has 3 nitrogen and oxygen atoms in total. The van der Waals surface area contributed by atoms with Gasteiger partial charge in [0.2, 0.25) is 0 Å². The lowest BCUT2D eigenvalue weighted by Crippen LogP contribution is -2.34. The van der Waals surface area contributed by atoms with Crippen molar-refractivity contribution in [1.82, 2.24) is 0 Å². The number of hydrogen-bond donors (Lipinski definition) is 1. The highest BCUT2D eigenvalue weighted by atomic mass is 28.4. The van der Waals surface area contributed by atoms with Crippen molar-refractivity contribution in [2.75, 3.05) is 6.61 Å². The van der Waals surface area contributed by atoms with E-state index in [0.29, 0.717) is 11.3 Å². The minimum Gasteiger partial charge on any atom is -0.539 e. The summed E-state index contributed by atoms with van der Waals surface area (Å²) >= 11 is 0. The second-order valence-electron chi connectivity index (χ2n) is 5.28. The lowest BCUT2D eigenvalue weighted by molar-refractivity contribution is 0.305. The molecule has 0 aliphatic heterocycles. The van der Waals surface area contributed by atoms with Gasteiger partial charge in [0, 0.05) is 6.61 Å². The Morgan fingerprint density at radius 3 is 2.67 bits per heavy atom. The van der Waals surface area contributed by atoms with Crippen LogP contribution in [0.25, 0.3) is 0 Å². The Labute approximate surface area is 112 Å². The summed E-state index contributed by atoms with van der Waals surface area (Å²) in [5, 5.41) is 8.71. The van der Waals surface area contributed by atoms with Gasteiger partial charge in [-0.3, -0.25) is 0 Å². The quantitative estimate of drug-likeness (QED) is 0.771. The molecule has 0 aromatic heterocycles. The van der Waals surface area contributed by atoms with Gasteiger partial charge in [0.15, 0.2) is 8.32 Å². The molecule has 0 heterocycles. The molecule has 0 saturated heterocycles. The second kappa shape index (κ2) is 6.97. The van der Waals surface area contributed by atoms with Crippen LogP contribution in [-0.4, -0.2) is 27.6 Å². The summed E-state index contributed by atoms with van der Waals surface area (Å²) in [5.74, 6) is 0.704. The van der Waals surface area contributed by atoms with Gasteiger partial charge >= 0.3 is 7.69 Å². The van der Waals surface area contributed by atoms with Gasteiger partial charge in [0.05, 0.1) is 0 Å². The van der Waals surface area contributed by atoms with E-state index in [9.17, 15) is 0 Å². The van der Waals surface area contributed by atoms with Crippen molar-refractivity contribution < 1.29 is 14.1 Å². The third-order valence-electron chi connectivity index (χ3n) is 3.38. The van der Waals surface area contributed by atoms with E-state index in [0.717, 1.165) is 13.0 Å². The molecule has 1 rings (SSSR count). The molecule has 0 radical (unpaired) electrons. The Kier molecular flexibility index (Phi) is 5.92. The lowest BCUT2D eigenvalue weighted by Gasteiger charge is -2.26. The molecule has 0 bridgehead atoms. The van der Waals surface area contributed by atoms with E-state index in [4.69, 9.17) is 14.1 Å². The molecule has 0 amide bonds. The van der Waals surface area contributed by atoms with Crippen LogP contribution in [0.1, 0.15) is 19.4 Å². The van der Waals surface area contributed by atoms with Gasteiger partial charge in [0.25, 0.3) is 0 Å². The fourth-order valence-electron chi connectivity index (χ4n) is 1.46. The summed E-state index contributed by atoms with van der Waals surface area (Å²) in [4.78, 5) is 0. The van der Waals surface area contributed by atoms with Crippen LogP contribution < -0.4 is 4.65 Å². The molecule has 0 atom stereocenters. The molecule has 1 N–H and O–H groups in total. The molecular weight excluding hydrogens is 243 g/mol. The van der Waals surface area contributed by atoms with Crippen molar-refractivity contribution in [3.8, 4) is 5.75 Å². The van der Waals surface area contributed by atoms with Crippen LogP contribution >= 0.6 is 0 Å². The van der Waals surface area contributed by atoms with E-state index in [1.807, 2.05) is 18.2 Å². The Bertz CT molecular complexity index is 369. The van der Waals surface area contributed by atoms with Crippen LogP contribution in [0, 0.1) is 0 Å².